The first-order valence-corrected chi connectivity index (χ1v) is 5.02. The van der Waals surface area contributed by atoms with Crippen molar-refractivity contribution in [3.63, 3.8) is 0 Å². The lowest BCUT2D eigenvalue weighted by atomic mass is 9.78. The molecule has 0 fully saturated rings. The van der Waals surface area contributed by atoms with Crippen molar-refractivity contribution < 1.29 is 9.53 Å². The average molecular weight is 194 g/mol. The summed E-state index contributed by atoms with van der Waals surface area (Å²) in [5.74, 6) is -0.186. The predicted octanol–water partition coefficient (Wildman–Crippen LogP) is 2.85. The number of allylic oxidation sites excluding steroid dienone is 3. The van der Waals surface area contributed by atoms with Crippen LogP contribution in [0, 0.1) is 5.41 Å². The molecule has 0 aromatic rings. The summed E-state index contributed by atoms with van der Waals surface area (Å²) in [5.41, 5.74) is 0.675. The highest BCUT2D eigenvalue weighted by molar-refractivity contribution is 5.90. The molecule has 0 radical (unpaired) electrons. The van der Waals surface area contributed by atoms with Crippen molar-refractivity contribution in [3.8, 4) is 0 Å². The van der Waals surface area contributed by atoms with E-state index in [1.807, 2.05) is 26.0 Å². The molecule has 0 amide bonds. The van der Waals surface area contributed by atoms with Crippen LogP contribution in [0.1, 0.15) is 34.1 Å². The lowest BCUT2D eigenvalue weighted by Crippen LogP contribution is -2.25. The summed E-state index contributed by atoms with van der Waals surface area (Å²) in [7, 11) is 0. The van der Waals surface area contributed by atoms with E-state index in [0.717, 1.165) is 12.0 Å². The first-order chi connectivity index (χ1) is 6.43. The maximum Gasteiger partial charge on any atom is 0.334 e. The van der Waals surface area contributed by atoms with Crippen LogP contribution < -0.4 is 0 Å². The van der Waals surface area contributed by atoms with Gasteiger partial charge in [-0.2, -0.15) is 0 Å². The maximum atomic E-state index is 11.7. The molecule has 0 bridgehead atoms. The molecule has 0 atom stereocenters. The molecule has 2 nitrogen and oxygen atoms in total. The zero-order valence-corrected chi connectivity index (χ0v) is 9.33. The minimum atomic E-state index is -0.186. The molecule has 0 aromatic carbocycles. The summed E-state index contributed by atoms with van der Waals surface area (Å²) in [6, 6.07) is 0. The fraction of sp³-hybridized carbons (Fsp3) is 0.583. The standard InChI is InChI=1S/C12H18O2/c1-9(2)14-11(13)10-7-5-6-8-12(10,3)4/h5-7,9H,8H2,1-4H3. The van der Waals surface area contributed by atoms with Crippen LogP contribution in [0.3, 0.4) is 0 Å². The molecule has 2 heteroatoms. The number of esters is 1. The Bertz CT molecular complexity index is 283. The third kappa shape index (κ3) is 2.47. The molecule has 0 saturated carbocycles. The van der Waals surface area contributed by atoms with E-state index in [4.69, 9.17) is 4.74 Å². The van der Waals surface area contributed by atoms with E-state index in [1.165, 1.54) is 0 Å². The quantitative estimate of drug-likeness (QED) is 0.632. The SMILES string of the molecule is CC(C)OC(=O)C1=CC=CCC1(C)C. The van der Waals surface area contributed by atoms with E-state index < -0.39 is 0 Å². The van der Waals surface area contributed by atoms with Gasteiger partial charge in [0.15, 0.2) is 0 Å². The highest BCUT2D eigenvalue weighted by Gasteiger charge is 2.30. The van der Waals surface area contributed by atoms with Crippen LogP contribution in [0.25, 0.3) is 0 Å². The summed E-state index contributed by atoms with van der Waals surface area (Å²) >= 11 is 0. The monoisotopic (exact) mass is 194 g/mol. The maximum absolute atomic E-state index is 11.7. The van der Waals surface area contributed by atoms with Crippen LogP contribution >= 0.6 is 0 Å². The van der Waals surface area contributed by atoms with Crippen molar-refractivity contribution in [2.75, 3.05) is 0 Å². The Kier molecular flexibility index (Phi) is 3.14. The summed E-state index contributed by atoms with van der Waals surface area (Å²) < 4.78 is 5.18. The molecule has 0 heterocycles. The van der Waals surface area contributed by atoms with E-state index in [-0.39, 0.29) is 17.5 Å². The van der Waals surface area contributed by atoms with Crippen LogP contribution in [-0.4, -0.2) is 12.1 Å². The van der Waals surface area contributed by atoms with Gasteiger partial charge in [0, 0.05) is 11.0 Å². The number of carbonyl (C=O) groups excluding carboxylic acids is 1. The second-order valence-corrected chi connectivity index (χ2v) is 4.55. The normalized spacial score (nSPS) is 19.4. The highest BCUT2D eigenvalue weighted by atomic mass is 16.5. The predicted molar refractivity (Wildman–Crippen MR) is 56.8 cm³/mol. The molecule has 0 aliphatic heterocycles. The van der Waals surface area contributed by atoms with Crippen molar-refractivity contribution >= 4 is 5.97 Å². The van der Waals surface area contributed by atoms with E-state index >= 15 is 0 Å². The number of hydrogen-bond acceptors (Lipinski definition) is 2. The van der Waals surface area contributed by atoms with Crippen LogP contribution in [0.4, 0.5) is 0 Å². The van der Waals surface area contributed by atoms with Gasteiger partial charge in [0.2, 0.25) is 0 Å². The van der Waals surface area contributed by atoms with Crippen molar-refractivity contribution in [1.82, 2.24) is 0 Å². The first kappa shape index (κ1) is 11.0. The van der Waals surface area contributed by atoms with Crippen molar-refractivity contribution in [1.29, 1.82) is 0 Å². The molecule has 1 aliphatic carbocycles. The Labute approximate surface area is 85.6 Å². The van der Waals surface area contributed by atoms with Crippen molar-refractivity contribution in [3.05, 3.63) is 23.8 Å². The fourth-order valence-electron chi connectivity index (χ4n) is 1.48. The zero-order chi connectivity index (χ0) is 10.8. The Hall–Kier alpha value is -1.05. The average Bonchev–Trinajstić information content (AvgIpc) is 2.01. The minimum absolute atomic E-state index is 0.0508. The van der Waals surface area contributed by atoms with Gasteiger partial charge in [-0.15, -0.1) is 0 Å². The Morgan fingerprint density at radius 3 is 2.64 bits per heavy atom. The van der Waals surface area contributed by atoms with E-state index in [9.17, 15) is 4.79 Å². The number of hydrogen-bond donors (Lipinski definition) is 0. The smallest absolute Gasteiger partial charge is 0.334 e. The lowest BCUT2D eigenvalue weighted by molar-refractivity contribution is -0.143. The van der Waals surface area contributed by atoms with Gasteiger partial charge in [-0.3, -0.25) is 0 Å². The lowest BCUT2D eigenvalue weighted by Gasteiger charge is -2.27. The van der Waals surface area contributed by atoms with Gasteiger partial charge < -0.3 is 4.74 Å². The van der Waals surface area contributed by atoms with Gasteiger partial charge in [0.25, 0.3) is 0 Å². The zero-order valence-electron chi connectivity index (χ0n) is 9.33. The molecule has 0 saturated heterocycles. The Morgan fingerprint density at radius 2 is 2.14 bits per heavy atom. The number of carbonyl (C=O) groups is 1. The minimum Gasteiger partial charge on any atom is -0.460 e. The first-order valence-electron chi connectivity index (χ1n) is 5.02. The molecular formula is C12H18O2. The van der Waals surface area contributed by atoms with Gasteiger partial charge >= 0.3 is 5.97 Å². The summed E-state index contributed by atoms with van der Waals surface area (Å²) in [6.07, 6.45) is 6.69. The van der Waals surface area contributed by atoms with Crippen LogP contribution in [0.2, 0.25) is 0 Å². The third-order valence-electron chi connectivity index (χ3n) is 2.32. The second-order valence-electron chi connectivity index (χ2n) is 4.55. The van der Waals surface area contributed by atoms with Gasteiger partial charge in [0.05, 0.1) is 6.10 Å². The summed E-state index contributed by atoms with van der Waals surface area (Å²) in [5, 5.41) is 0. The molecule has 1 aliphatic rings. The highest BCUT2D eigenvalue weighted by Crippen LogP contribution is 2.34. The fourth-order valence-corrected chi connectivity index (χ4v) is 1.48. The van der Waals surface area contributed by atoms with Crippen molar-refractivity contribution in [2.45, 2.75) is 40.2 Å². The van der Waals surface area contributed by atoms with Crippen LogP contribution in [0.15, 0.2) is 23.8 Å². The van der Waals surface area contributed by atoms with Gasteiger partial charge in [-0.05, 0) is 20.3 Å². The van der Waals surface area contributed by atoms with Crippen LogP contribution in [0.5, 0.6) is 0 Å². The Balaban J connectivity index is 2.80. The second kappa shape index (κ2) is 3.99. The molecule has 0 unspecified atom stereocenters. The van der Waals surface area contributed by atoms with E-state index in [0.29, 0.717) is 0 Å². The summed E-state index contributed by atoms with van der Waals surface area (Å²) in [6.45, 7) is 7.85. The van der Waals surface area contributed by atoms with Crippen molar-refractivity contribution in [2.24, 2.45) is 5.41 Å². The van der Waals surface area contributed by atoms with Gasteiger partial charge in [0.1, 0.15) is 0 Å². The Morgan fingerprint density at radius 1 is 1.50 bits per heavy atom. The largest absolute Gasteiger partial charge is 0.460 e. The third-order valence-corrected chi connectivity index (χ3v) is 2.32. The number of rotatable bonds is 2. The van der Waals surface area contributed by atoms with Gasteiger partial charge in [-0.25, -0.2) is 4.79 Å². The molecule has 0 spiro atoms. The molecule has 78 valence electrons. The molecular weight excluding hydrogens is 176 g/mol. The molecule has 0 aromatic heterocycles. The molecule has 14 heavy (non-hydrogen) atoms. The van der Waals surface area contributed by atoms with Gasteiger partial charge in [-0.1, -0.05) is 32.1 Å². The topological polar surface area (TPSA) is 26.3 Å². The summed E-state index contributed by atoms with van der Waals surface area (Å²) in [4.78, 5) is 11.7. The van der Waals surface area contributed by atoms with Crippen LogP contribution in [-0.2, 0) is 9.53 Å². The molecule has 0 N–H and O–H groups in total. The number of ether oxygens (including phenoxy) is 1. The van der Waals surface area contributed by atoms with E-state index in [1.54, 1.807) is 0 Å². The molecule has 1 rings (SSSR count). The van der Waals surface area contributed by atoms with E-state index in [2.05, 4.69) is 19.9 Å².